The standard InChI is InChI=1S/C29H19ClF7O2P/c30-20-16-18-21(19-17-20)39-26(25(38)27(31,32)28(33,34)29(35,36)37)40(22-10-4-1-5-11-22,23-12-6-2-7-13-23)24-14-8-3-9-15-24/h1-19H/b26-25-. The highest BCUT2D eigenvalue weighted by Gasteiger charge is 2.74. The van der Waals surface area contributed by atoms with Crippen molar-refractivity contribution in [2.24, 2.45) is 0 Å². The molecule has 4 rings (SSSR count). The van der Waals surface area contributed by atoms with E-state index in [1.807, 2.05) is 0 Å². The molecule has 0 aliphatic carbocycles. The lowest BCUT2D eigenvalue weighted by atomic mass is 10.1. The van der Waals surface area contributed by atoms with E-state index in [9.17, 15) is 27.1 Å². The van der Waals surface area contributed by atoms with Gasteiger partial charge in [-0.05, 0) is 60.7 Å². The van der Waals surface area contributed by atoms with Gasteiger partial charge in [0.1, 0.15) is 21.7 Å². The van der Waals surface area contributed by atoms with E-state index in [4.69, 9.17) is 16.3 Å². The number of hydrogen-bond donors (Lipinski definition) is 0. The highest BCUT2D eigenvalue weighted by molar-refractivity contribution is 7.98. The van der Waals surface area contributed by atoms with E-state index >= 15 is 8.78 Å². The summed E-state index contributed by atoms with van der Waals surface area (Å²) < 4.78 is 105. The Bertz CT molecular complexity index is 1360. The van der Waals surface area contributed by atoms with Crippen LogP contribution < -0.4 is 25.8 Å². The van der Waals surface area contributed by atoms with Crippen LogP contribution in [0.3, 0.4) is 0 Å². The minimum atomic E-state index is -6.73. The summed E-state index contributed by atoms with van der Waals surface area (Å²) in [6.07, 6.45) is -6.73. The van der Waals surface area contributed by atoms with E-state index in [1.54, 1.807) is 18.2 Å². The molecule has 0 aliphatic rings. The lowest BCUT2D eigenvalue weighted by Gasteiger charge is -2.36. The molecule has 40 heavy (non-hydrogen) atoms. The third-order valence-electron chi connectivity index (χ3n) is 5.99. The quantitative estimate of drug-likeness (QED) is 0.123. The predicted octanol–water partition coefficient (Wildman–Crippen LogP) is 7.08. The molecule has 11 heteroatoms. The van der Waals surface area contributed by atoms with Crippen molar-refractivity contribution in [1.29, 1.82) is 0 Å². The van der Waals surface area contributed by atoms with Crippen LogP contribution in [-0.4, -0.2) is 18.0 Å². The van der Waals surface area contributed by atoms with Gasteiger partial charge in [-0.25, -0.2) is 0 Å². The van der Waals surface area contributed by atoms with Crippen molar-refractivity contribution >= 4 is 34.8 Å². The molecule has 0 spiro atoms. The first kappa shape index (κ1) is 29.4. The molecule has 2 nitrogen and oxygen atoms in total. The van der Waals surface area contributed by atoms with Crippen LogP contribution in [0.4, 0.5) is 30.7 Å². The number of hydrogen-bond acceptors (Lipinski definition) is 2. The molecule has 4 aromatic carbocycles. The maximum atomic E-state index is 15.3. The van der Waals surface area contributed by atoms with Crippen molar-refractivity contribution < 1.29 is 40.6 Å². The molecule has 0 unspecified atom stereocenters. The summed E-state index contributed by atoms with van der Waals surface area (Å²) in [6.45, 7) is 0. The van der Waals surface area contributed by atoms with Crippen molar-refractivity contribution in [3.05, 3.63) is 132 Å². The SMILES string of the molecule is [O-]/C(=C(/Oc1ccc(Cl)cc1)[P+](c1ccccc1)(c1ccccc1)c1ccccc1)C(F)(F)C(F)(F)C(F)(F)F. The molecule has 0 heterocycles. The molecular weight excluding hydrogens is 580 g/mol. The van der Waals surface area contributed by atoms with E-state index in [1.165, 1.54) is 97.1 Å². The van der Waals surface area contributed by atoms with E-state index in [2.05, 4.69) is 0 Å². The lowest BCUT2D eigenvalue weighted by Crippen LogP contribution is -2.56. The van der Waals surface area contributed by atoms with Gasteiger partial charge in [-0.1, -0.05) is 66.2 Å². The average Bonchev–Trinajstić information content (AvgIpc) is 2.94. The van der Waals surface area contributed by atoms with Crippen molar-refractivity contribution in [3.63, 3.8) is 0 Å². The Morgan fingerprint density at radius 3 is 1.32 bits per heavy atom. The van der Waals surface area contributed by atoms with Gasteiger partial charge in [0.2, 0.25) is 0 Å². The Balaban J connectivity index is 2.20. The monoisotopic (exact) mass is 598 g/mol. The van der Waals surface area contributed by atoms with Crippen LogP contribution in [0, 0.1) is 0 Å². The topological polar surface area (TPSA) is 32.3 Å². The van der Waals surface area contributed by atoms with Gasteiger partial charge in [-0.3, -0.25) is 0 Å². The molecule has 208 valence electrons. The maximum absolute atomic E-state index is 15.3. The maximum Gasteiger partial charge on any atom is 0.460 e. The first-order valence-electron chi connectivity index (χ1n) is 11.6. The van der Waals surface area contributed by atoms with Crippen molar-refractivity contribution in [1.82, 2.24) is 0 Å². The first-order valence-corrected chi connectivity index (χ1v) is 13.7. The first-order chi connectivity index (χ1) is 18.8. The summed E-state index contributed by atoms with van der Waals surface area (Å²) in [7, 11) is -3.98. The Hall–Kier alpha value is -3.55. The number of benzene rings is 4. The Labute approximate surface area is 230 Å². The zero-order valence-electron chi connectivity index (χ0n) is 20.3. The van der Waals surface area contributed by atoms with E-state index < -0.39 is 36.5 Å². The highest BCUT2D eigenvalue weighted by atomic mass is 35.5. The second-order valence-corrected chi connectivity index (χ2v) is 12.2. The molecule has 0 saturated heterocycles. The minimum Gasteiger partial charge on any atom is -0.866 e. The molecule has 0 radical (unpaired) electrons. The summed E-state index contributed by atoms with van der Waals surface area (Å²) >= 11 is 5.90. The molecular formula is C29H19ClF7O2P. The van der Waals surface area contributed by atoms with Gasteiger partial charge in [0.25, 0.3) is 5.50 Å². The van der Waals surface area contributed by atoms with Crippen LogP contribution >= 0.6 is 18.9 Å². The number of alkyl halides is 7. The Kier molecular flexibility index (Phi) is 8.20. The summed E-state index contributed by atoms with van der Waals surface area (Å²) in [6, 6.07) is 27.8. The summed E-state index contributed by atoms with van der Waals surface area (Å²) in [4.78, 5) is 0. The normalized spacial score (nSPS) is 13.5. The molecule has 0 saturated carbocycles. The molecule has 0 aliphatic heterocycles. The largest absolute Gasteiger partial charge is 0.866 e. The zero-order valence-corrected chi connectivity index (χ0v) is 21.9. The second kappa shape index (κ2) is 11.1. The number of halogens is 8. The van der Waals surface area contributed by atoms with Crippen LogP contribution in [0.5, 0.6) is 5.75 Å². The fourth-order valence-corrected chi connectivity index (χ4v) is 8.36. The predicted molar refractivity (Wildman–Crippen MR) is 140 cm³/mol. The summed E-state index contributed by atoms with van der Waals surface area (Å²) in [5.74, 6) is -16.0. The van der Waals surface area contributed by atoms with Gasteiger partial charge in [0.05, 0.1) is 0 Å². The summed E-state index contributed by atoms with van der Waals surface area (Å²) in [5.41, 5.74) is -1.26. The molecule has 0 amide bonds. The highest BCUT2D eigenvalue weighted by Crippen LogP contribution is 2.65. The molecule has 0 bridgehead atoms. The van der Waals surface area contributed by atoms with Crippen molar-refractivity contribution in [3.8, 4) is 5.75 Å². The van der Waals surface area contributed by atoms with E-state index in [0.29, 0.717) is 0 Å². The van der Waals surface area contributed by atoms with Gasteiger partial charge >= 0.3 is 18.0 Å². The number of allylic oxidation sites excluding steroid dienone is 1. The average molecular weight is 599 g/mol. The van der Waals surface area contributed by atoms with Crippen LogP contribution in [0.25, 0.3) is 0 Å². The lowest BCUT2D eigenvalue weighted by molar-refractivity contribution is -0.406. The second-order valence-electron chi connectivity index (χ2n) is 8.51. The smallest absolute Gasteiger partial charge is 0.460 e. The third kappa shape index (κ3) is 5.16. The molecule has 0 fully saturated rings. The molecule has 4 aromatic rings. The Morgan fingerprint density at radius 1 is 0.600 bits per heavy atom. The fourth-order valence-electron chi connectivity index (χ4n) is 4.09. The molecule has 0 N–H and O–H groups in total. The van der Waals surface area contributed by atoms with Crippen molar-refractivity contribution in [2.75, 3.05) is 0 Å². The van der Waals surface area contributed by atoms with Gasteiger partial charge in [-0.15, -0.1) is 0 Å². The van der Waals surface area contributed by atoms with Crippen LogP contribution in [-0.2, 0) is 0 Å². The molecule has 0 aromatic heterocycles. The van der Waals surface area contributed by atoms with E-state index in [-0.39, 0.29) is 26.7 Å². The minimum absolute atomic E-state index is 0.199. The number of rotatable bonds is 8. The third-order valence-corrected chi connectivity index (χ3v) is 10.4. The zero-order chi connectivity index (χ0) is 29.2. The van der Waals surface area contributed by atoms with Crippen molar-refractivity contribution in [2.45, 2.75) is 18.0 Å². The molecule has 0 atom stereocenters. The van der Waals surface area contributed by atoms with Gasteiger partial charge in [0.15, 0.2) is 7.26 Å². The van der Waals surface area contributed by atoms with Crippen LogP contribution in [0.1, 0.15) is 0 Å². The van der Waals surface area contributed by atoms with Gasteiger partial charge in [0, 0.05) is 10.8 Å². The van der Waals surface area contributed by atoms with Crippen LogP contribution in [0.2, 0.25) is 5.02 Å². The number of ether oxygens (including phenoxy) is 1. The van der Waals surface area contributed by atoms with Gasteiger partial charge in [-0.2, -0.15) is 30.7 Å². The van der Waals surface area contributed by atoms with E-state index in [0.717, 1.165) is 0 Å². The van der Waals surface area contributed by atoms with Crippen LogP contribution in [0.15, 0.2) is 127 Å². The Morgan fingerprint density at radius 2 is 0.975 bits per heavy atom. The van der Waals surface area contributed by atoms with Gasteiger partial charge < -0.3 is 9.84 Å². The fraction of sp³-hybridized carbons (Fsp3) is 0.103. The summed E-state index contributed by atoms with van der Waals surface area (Å²) in [5, 5.41) is 14.4.